The smallest absolute Gasteiger partial charge is 0.0687 e. The van der Waals surface area contributed by atoms with Crippen LogP contribution in [0.2, 0.25) is 0 Å². The van der Waals surface area contributed by atoms with Crippen LogP contribution in [0.25, 0.3) is 0 Å². The van der Waals surface area contributed by atoms with Crippen molar-refractivity contribution in [2.24, 2.45) is 5.92 Å². The molecule has 4 N–H and O–H groups in total. The Bertz CT molecular complexity index is 168. The first-order chi connectivity index (χ1) is 5.95. The van der Waals surface area contributed by atoms with Crippen LogP contribution in [0.15, 0.2) is 0 Å². The minimum atomic E-state index is 0.429. The van der Waals surface area contributed by atoms with E-state index in [1.54, 1.807) is 0 Å². The topological polar surface area (TPSA) is 57.4 Å². The average Bonchev–Trinajstić information content (AvgIpc) is 2.71. The van der Waals surface area contributed by atoms with Gasteiger partial charge in [0.15, 0.2) is 0 Å². The fourth-order valence-electron chi connectivity index (χ4n) is 2.51. The Balaban J connectivity index is 1.81. The summed E-state index contributed by atoms with van der Waals surface area (Å²) in [5, 5.41) is 0. The summed E-state index contributed by atoms with van der Waals surface area (Å²) in [6.45, 7) is 1.09. The van der Waals surface area contributed by atoms with Crippen molar-refractivity contribution in [2.45, 2.75) is 31.0 Å². The third kappa shape index (κ3) is 0.915. The zero-order chi connectivity index (χ0) is 7.97. The van der Waals surface area contributed by atoms with Crippen molar-refractivity contribution in [1.82, 2.24) is 21.8 Å². The molecule has 1 saturated carbocycles. The van der Waals surface area contributed by atoms with Crippen LogP contribution in [0, 0.1) is 5.92 Å². The molecule has 2 heterocycles. The zero-order valence-corrected chi connectivity index (χ0v) is 6.84. The number of hydroxylamine groups is 2. The minimum Gasteiger partial charge on any atom is -0.257 e. The monoisotopic (exact) mass is 170 g/mol. The van der Waals surface area contributed by atoms with E-state index in [1.165, 1.54) is 12.8 Å². The van der Waals surface area contributed by atoms with Gasteiger partial charge in [0, 0.05) is 12.6 Å². The first-order valence-corrected chi connectivity index (χ1v) is 4.60. The molecule has 3 fully saturated rings. The largest absolute Gasteiger partial charge is 0.257 e. The lowest BCUT2D eigenvalue weighted by molar-refractivity contribution is 0.00758. The predicted molar refractivity (Wildman–Crippen MR) is 42.6 cm³/mol. The standard InChI is InChI=1S/C7H14N4O/c1-2-5-7(11-12-10-5)6-4(1)3-8-9-6/h4-11H,1-3H2. The van der Waals surface area contributed by atoms with Gasteiger partial charge in [0.2, 0.25) is 0 Å². The Kier molecular flexibility index (Phi) is 1.59. The van der Waals surface area contributed by atoms with Gasteiger partial charge in [0.1, 0.15) is 0 Å². The van der Waals surface area contributed by atoms with Gasteiger partial charge >= 0.3 is 0 Å². The number of hydrazine groups is 1. The molecule has 0 aromatic carbocycles. The van der Waals surface area contributed by atoms with Crippen molar-refractivity contribution in [3.05, 3.63) is 0 Å². The molecule has 0 bridgehead atoms. The van der Waals surface area contributed by atoms with E-state index in [-0.39, 0.29) is 0 Å². The predicted octanol–water partition coefficient (Wildman–Crippen LogP) is -1.35. The van der Waals surface area contributed by atoms with Crippen LogP contribution in [-0.4, -0.2) is 24.7 Å². The number of rotatable bonds is 0. The molecule has 0 amide bonds. The van der Waals surface area contributed by atoms with Crippen molar-refractivity contribution >= 4 is 0 Å². The van der Waals surface area contributed by atoms with Crippen molar-refractivity contribution in [3.63, 3.8) is 0 Å². The number of hydrogen-bond donors (Lipinski definition) is 4. The van der Waals surface area contributed by atoms with Crippen molar-refractivity contribution in [3.8, 4) is 0 Å². The molecule has 5 nitrogen and oxygen atoms in total. The van der Waals surface area contributed by atoms with E-state index in [9.17, 15) is 0 Å². The van der Waals surface area contributed by atoms with E-state index in [1.807, 2.05) is 0 Å². The fourth-order valence-corrected chi connectivity index (χ4v) is 2.51. The van der Waals surface area contributed by atoms with E-state index in [0.717, 1.165) is 12.5 Å². The molecule has 4 unspecified atom stereocenters. The number of fused-ring (bicyclic) bond motifs is 3. The van der Waals surface area contributed by atoms with E-state index in [0.29, 0.717) is 18.1 Å². The summed E-state index contributed by atoms with van der Waals surface area (Å²) in [6, 6.07) is 1.44. The molecule has 3 rings (SSSR count). The van der Waals surface area contributed by atoms with Crippen molar-refractivity contribution < 1.29 is 4.94 Å². The van der Waals surface area contributed by atoms with E-state index in [2.05, 4.69) is 21.8 Å². The van der Waals surface area contributed by atoms with Crippen molar-refractivity contribution in [1.29, 1.82) is 0 Å². The summed E-state index contributed by atoms with van der Waals surface area (Å²) in [4.78, 5) is 5.03. The molecule has 0 aromatic heterocycles. The molecule has 3 aliphatic rings. The molecule has 4 atom stereocenters. The van der Waals surface area contributed by atoms with E-state index >= 15 is 0 Å². The molecular formula is C7H14N4O. The lowest BCUT2D eigenvalue weighted by Gasteiger charge is -2.32. The second kappa shape index (κ2) is 2.65. The molecule has 0 radical (unpaired) electrons. The summed E-state index contributed by atoms with van der Waals surface area (Å²) >= 11 is 0. The van der Waals surface area contributed by atoms with Gasteiger partial charge in [-0.05, 0) is 18.8 Å². The Morgan fingerprint density at radius 1 is 1.08 bits per heavy atom. The number of nitrogens with one attached hydrogen (secondary N) is 4. The molecule has 0 aromatic rings. The van der Waals surface area contributed by atoms with Gasteiger partial charge in [0.25, 0.3) is 0 Å². The maximum atomic E-state index is 5.03. The average molecular weight is 170 g/mol. The summed E-state index contributed by atoms with van der Waals surface area (Å²) < 4.78 is 0. The van der Waals surface area contributed by atoms with Gasteiger partial charge in [-0.3, -0.25) is 10.9 Å². The minimum absolute atomic E-state index is 0.429. The molecule has 5 heteroatoms. The van der Waals surface area contributed by atoms with Gasteiger partial charge in [0.05, 0.1) is 12.1 Å². The Morgan fingerprint density at radius 2 is 2.08 bits per heavy atom. The van der Waals surface area contributed by atoms with Crippen LogP contribution in [0.5, 0.6) is 0 Å². The quantitative estimate of drug-likeness (QED) is 0.362. The first kappa shape index (κ1) is 7.23. The van der Waals surface area contributed by atoms with Gasteiger partial charge < -0.3 is 0 Å². The lowest BCUT2D eigenvalue weighted by Crippen LogP contribution is -2.54. The molecule has 1 aliphatic carbocycles. The molecular weight excluding hydrogens is 156 g/mol. The first-order valence-electron chi connectivity index (χ1n) is 4.60. The molecule has 0 spiro atoms. The van der Waals surface area contributed by atoms with Gasteiger partial charge in [-0.2, -0.15) is 11.0 Å². The normalized spacial score (nSPS) is 52.0. The highest BCUT2D eigenvalue weighted by Gasteiger charge is 2.44. The van der Waals surface area contributed by atoms with E-state index in [4.69, 9.17) is 4.94 Å². The lowest BCUT2D eigenvalue weighted by atomic mass is 9.80. The Hall–Kier alpha value is -0.200. The maximum absolute atomic E-state index is 5.03. The van der Waals surface area contributed by atoms with Crippen LogP contribution >= 0.6 is 0 Å². The summed E-state index contributed by atoms with van der Waals surface area (Å²) in [5.74, 6) is 0.766. The zero-order valence-electron chi connectivity index (χ0n) is 6.84. The maximum Gasteiger partial charge on any atom is 0.0687 e. The SMILES string of the molecule is C1CC2NONC2C2NNCC12. The van der Waals surface area contributed by atoms with Crippen LogP contribution < -0.4 is 21.8 Å². The molecule has 2 aliphatic heterocycles. The number of hydrogen-bond acceptors (Lipinski definition) is 5. The summed E-state index contributed by atoms with van der Waals surface area (Å²) in [6.07, 6.45) is 2.49. The molecule has 68 valence electrons. The Morgan fingerprint density at radius 3 is 3.08 bits per heavy atom. The third-order valence-corrected chi connectivity index (χ3v) is 3.22. The van der Waals surface area contributed by atoms with Crippen LogP contribution in [0.3, 0.4) is 0 Å². The summed E-state index contributed by atoms with van der Waals surface area (Å²) in [7, 11) is 0. The van der Waals surface area contributed by atoms with Gasteiger partial charge in [-0.25, -0.2) is 4.94 Å². The Labute approximate surface area is 71.1 Å². The highest BCUT2D eigenvalue weighted by Crippen LogP contribution is 2.28. The second-order valence-corrected chi connectivity index (χ2v) is 3.86. The fraction of sp³-hybridized carbons (Fsp3) is 1.00. The second-order valence-electron chi connectivity index (χ2n) is 3.86. The van der Waals surface area contributed by atoms with Crippen molar-refractivity contribution in [2.75, 3.05) is 6.54 Å². The van der Waals surface area contributed by atoms with Gasteiger partial charge in [-0.15, -0.1) is 0 Å². The van der Waals surface area contributed by atoms with Gasteiger partial charge in [-0.1, -0.05) is 0 Å². The van der Waals surface area contributed by atoms with E-state index < -0.39 is 0 Å². The molecule has 2 saturated heterocycles. The van der Waals surface area contributed by atoms with Crippen LogP contribution in [0.1, 0.15) is 12.8 Å². The highest BCUT2D eigenvalue weighted by atomic mass is 16.8. The molecule has 12 heavy (non-hydrogen) atoms. The van der Waals surface area contributed by atoms with Crippen LogP contribution in [-0.2, 0) is 4.94 Å². The van der Waals surface area contributed by atoms with Crippen LogP contribution in [0.4, 0.5) is 0 Å². The highest BCUT2D eigenvalue weighted by molar-refractivity contribution is 5.01. The summed E-state index contributed by atoms with van der Waals surface area (Å²) in [5.41, 5.74) is 12.5. The third-order valence-electron chi connectivity index (χ3n) is 3.22.